The molecule has 18 heavy (non-hydrogen) atoms. The number of nitrogens with zero attached hydrogens (tertiary/aromatic N) is 1. The smallest absolute Gasteiger partial charge is 0.161 e. The first-order chi connectivity index (χ1) is 8.47. The Hall–Kier alpha value is -0.0900. The van der Waals surface area contributed by atoms with Gasteiger partial charge < -0.3 is 5.32 Å². The van der Waals surface area contributed by atoms with Crippen molar-refractivity contribution in [2.45, 2.75) is 19.1 Å². The fourth-order valence-corrected chi connectivity index (χ4v) is 3.50. The number of aliphatic imine (C=N–C) groups is 1. The van der Waals surface area contributed by atoms with Crippen LogP contribution in [0.15, 0.2) is 17.1 Å². The molecule has 0 saturated carbocycles. The lowest BCUT2D eigenvalue weighted by atomic mass is 10.1. The van der Waals surface area contributed by atoms with Crippen LogP contribution in [0.25, 0.3) is 0 Å². The average Bonchev–Trinajstić information content (AvgIpc) is 2.71. The minimum atomic E-state index is 0.504. The van der Waals surface area contributed by atoms with E-state index in [-0.39, 0.29) is 0 Å². The molecule has 0 saturated heterocycles. The van der Waals surface area contributed by atoms with E-state index < -0.39 is 0 Å². The van der Waals surface area contributed by atoms with Crippen LogP contribution in [0.5, 0.6) is 0 Å². The van der Waals surface area contributed by atoms with Crippen LogP contribution in [0.2, 0.25) is 15.1 Å². The van der Waals surface area contributed by atoms with E-state index in [1.807, 2.05) is 0 Å². The van der Waals surface area contributed by atoms with Crippen molar-refractivity contribution in [2.75, 3.05) is 11.9 Å². The van der Waals surface area contributed by atoms with Gasteiger partial charge in [-0.25, -0.2) is 0 Å². The second kappa shape index (κ2) is 5.91. The monoisotopic (exact) mass is 322 g/mol. The Morgan fingerprint density at radius 2 is 1.89 bits per heavy atom. The lowest BCUT2D eigenvalue weighted by Crippen LogP contribution is -2.13. The molecule has 1 aromatic carbocycles. The third-order valence-electron chi connectivity index (χ3n) is 2.66. The van der Waals surface area contributed by atoms with Crippen LogP contribution in [0.1, 0.15) is 13.8 Å². The average molecular weight is 324 g/mol. The molecule has 1 aromatic rings. The van der Waals surface area contributed by atoms with Crippen LogP contribution in [-0.2, 0) is 0 Å². The SMILES string of the molecule is CC(C)C1CN=C(Nc2c(Cl)cc(Cl)cc2Cl)S1. The van der Waals surface area contributed by atoms with Crippen molar-refractivity contribution in [1.29, 1.82) is 0 Å². The van der Waals surface area contributed by atoms with Gasteiger partial charge in [0.05, 0.1) is 22.3 Å². The van der Waals surface area contributed by atoms with E-state index in [2.05, 4.69) is 24.2 Å². The van der Waals surface area contributed by atoms with Crippen molar-refractivity contribution >= 4 is 57.4 Å². The summed E-state index contributed by atoms with van der Waals surface area (Å²) in [6, 6.07) is 3.33. The number of hydrogen-bond acceptors (Lipinski definition) is 3. The molecule has 98 valence electrons. The Morgan fingerprint density at radius 1 is 1.28 bits per heavy atom. The Kier molecular flexibility index (Phi) is 4.70. The molecule has 6 heteroatoms. The number of nitrogens with one attached hydrogen (secondary N) is 1. The van der Waals surface area contributed by atoms with Crippen molar-refractivity contribution < 1.29 is 0 Å². The fourth-order valence-electron chi connectivity index (χ4n) is 1.58. The number of halogens is 3. The highest BCUT2D eigenvalue weighted by molar-refractivity contribution is 8.15. The van der Waals surface area contributed by atoms with Crippen molar-refractivity contribution in [2.24, 2.45) is 10.9 Å². The zero-order valence-corrected chi connectivity index (χ0v) is 13.1. The van der Waals surface area contributed by atoms with Crippen molar-refractivity contribution in [3.05, 3.63) is 27.2 Å². The first-order valence-corrected chi connectivity index (χ1v) is 7.61. The molecule has 0 aromatic heterocycles. The van der Waals surface area contributed by atoms with Gasteiger partial charge >= 0.3 is 0 Å². The number of rotatable bonds is 2. The van der Waals surface area contributed by atoms with E-state index in [1.54, 1.807) is 23.9 Å². The Balaban J connectivity index is 2.12. The first kappa shape index (κ1) is 14.3. The highest BCUT2D eigenvalue weighted by Crippen LogP contribution is 2.36. The van der Waals surface area contributed by atoms with Gasteiger partial charge in [-0.1, -0.05) is 60.4 Å². The quantitative estimate of drug-likeness (QED) is 0.810. The van der Waals surface area contributed by atoms with Crippen molar-refractivity contribution in [3.8, 4) is 0 Å². The lowest BCUT2D eigenvalue weighted by molar-refractivity contribution is 0.621. The van der Waals surface area contributed by atoms with Gasteiger partial charge in [-0.15, -0.1) is 0 Å². The van der Waals surface area contributed by atoms with Gasteiger partial charge in [0.1, 0.15) is 0 Å². The van der Waals surface area contributed by atoms with E-state index in [9.17, 15) is 0 Å². The fraction of sp³-hybridized carbons (Fsp3) is 0.417. The summed E-state index contributed by atoms with van der Waals surface area (Å²) < 4.78 is 0. The number of anilines is 1. The molecule has 1 aliphatic rings. The van der Waals surface area contributed by atoms with E-state index >= 15 is 0 Å². The summed E-state index contributed by atoms with van der Waals surface area (Å²) in [4.78, 5) is 4.46. The molecule has 1 N–H and O–H groups in total. The van der Waals surface area contributed by atoms with Crippen LogP contribution in [0.3, 0.4) is 0 Å². The summed E-state index contributed by atoms with van der Waals surface area (Å²) >= 11 is 19.8. The van der Waals surface area contributed by atoms with Gasteiger partial charge in [0.2, 0.25) is 0 Å². The van der Waals surface area contributed by atoms with Crippen LogP contribution in [-0.4, -0.2) is 17.0 Å². The summed E-state index contributed by atoms with van der Waals surface area (Å²) in [6.45, 7) is 5.21. The van der Waals surface area contributed by atoms with Crippen LogP contribution >= 0.6 is 46.6 Å². The zero-order chi connectivity index (χ0) is 13.3. The molecule has 0 amide bonds. The molecule has 0 bridgehead atoms. The number of benzene rings is 1. The second-order valence-electron chi connectivity index (χ2n) is 4.42. The molecule has 2 nitrogen and oxygen atoms in total. The highest BCUT2D eigenvalue weighted by Gasteiger charge is 2.23. The normalized spacial score (nSPS) is 19.2. The maximum absolute atomic E-state index is 6.12. The summed E-state index contributed by atoms with van der Waals surface area (Å²) in [5.41, 5.74) is 0.665. The Bertz CT molecular complexity index is 465. The minimum absolute atomic E-state index is 0.504. The first-order valence-electron chi connectivity index (χ1n) is 5.60. The molecule has 0 fully saturated rings. The molecular formula is C12H13Cl3N2S. The molecule has 1 atom stereocenters. The zero-order valence-electron chi connectivity index (χ0n) is 10.0. The largest absolute Gasteiger partial charge is 0.333 e. The van der Waals surface area contributed by atoms with Gasteiger partial charge in [0, 0.05) is 10.3 Å². The molecule has 2 rings (SSSR count). The van der Waals surface area contributed by atoms with Crippen molar-refractivity contribution in [1.82, 2.24) is 0 Å². The maximum atomic E-state index is 6.12. The molecule has 0 radical (unpaired) electrons. The highest BCUT2D eigenvalue weighted by atomic mass is 35.5. The van der Waals surface area contributed by atoms with E-state index in [0.717, 1.165) is 11.7 Å². The summed E-state index contributed by atoms with van der Waals surface area (Å²) in [6.07, 6.45) is 0. The molecule has 1 heterocycles. The predicted molar refractivity (Wildman–Crippen MR) is 83.6 cm³/mol. The van der Waals surface area contributed by atoms with Gasteiger partial charge in [-0.05, 0) is 18.1 Å². The van der Waals surface area contributed by atoms with Crippen LogP contribution in [0, 0.1) is 5.92 Å². The number of hydrogen-bond donors (Lipinski definition) is 1. The third-order valence-corrected chi connectivity index (χ3v) is 4.93. The summed E-state index contributed by atoms with van der Waals surface area (Å²) in [7, 11) is 0. The molecule has 0 aliphatic carbocycles. The maximum Gasteiger partial charge on any atom is 0.161 e. The number of amidine groups is 1. The molecule has 1 aliphatic heterocycles. The molecule has 1 unspecified atom stereocenters. The minimum Gasteiger partial charge on any atom is -0.333 e. The van der Waals surface area contributed by atoms with Gasteiger partial charge in [0.25, 0.3) is 0 Å². The van der Waals surface area contributed by atoms with E-state index in [4.69, 9.17) is 34.8 Å². The summed E-state index contributed by atoms with van der Waals surface area (Å²) in [5.74, 6) is 0.592. The van der Waals surface area contributed by atoms with Crippen LogP contribution in [0.4, 0.5) is 5.69 Å². The predicted octanol–water partition coefficient (Wildman–Crippen LogP) is 5.19. The lowest BCUT2D eigenvalue weighted by Gasteiger charge is -2.13. The third kappa shape index (κ3) is 3.27. The van der Waals surface area contributed by atoms with Gasteiger partial charge in [0.15, 0.2) is 5.17 Å². The summed E-state index contributed by atoms with van der Waals surface area (Å²) in [5, 5.41) is 6.08. The van der Waals surface area contributed by atoms with E-state index in [1.165, 1.54) is 0 Å². The second-order valence-corrected chi connectivity index (χ2v) is 6.89. The topological polar surface area (TPSA) is 24.4 Å². The number of thioether (sulfide) groups is 1. The van der Waals surface area contributed by atoms with Gasteiger partial charge in [-0.2, -0.15) is 0 Å². The van der Waals surface area contributed by atoms with Gasteiger partial charge in [-0.3, -0.25) is 4.99 Å². The Labute approximate surface area is 126 Å². The molecule has 0 spiro atoms. The van der Waals surface area contributed by atoms with Crippen LogP contribution < -0.4 is 5.32 Å². The standard InChI is InChI=1S/C12H13Cl3N2S/c1-6(2)10-5-16-12(18-10)17-11-8(14)3-7(13)4-9(11)15/h3-4,6,10H,5H2,1-2H3,(H,16,17). The van der Waals surface area contributed by atoms with Crippen molar-refractivity contribution in [3.63, 3.8) is 0 Å². The Morgan fingerprint density at radius 3 is 2.39 bits per heavy atom. The van der Waals surface area contributed by atoms with E-state index in [0.29, 0.717) is 31.9 Å². The molecular weight excluding hydrogens is 311 g/mol.